The molecule has 0 unspecified atom stereocenters. The Morgan fingerprint density at radius 2 is 1.85 bits per heavy atom. The van der Waals surface area contributed by atoms with Crippen molar-refractivity contribution < 1.29 is 14.8 Å². The molecule has 0 aliphatic carbocycles. The first-order chi connectivity index (χ1) is 12.9. The van der Waals surface area contributed by atoms with Crippen LogP contribution >= 0.6 is 0 Å². The number of carboxylic acid groups (broad SMARTS) is 1. The number of carboxylic acids is 1. The number of benzene rings is 2. The maximum Gasteiger partial charge on any atom is 0.335 e. The number of nitro benzene ring substituents is 1. The van der Waals surface area contributed by atoms with Crippen LogP contribution in [0.5, 0.6) is 0 Å². The second-order valence-corrected chi connectivity index (χ2v) is 6.05. The fourth-order valence-electron chi connectivity index (χ4n) is 2.90. The molecule has 136 valence electrons. The summed E-state index contributed by atoms with van der Waals surface area (Å²) < 4.78 is 1.93. The summed E-state index contributed by atoms with van der Waals surface area (Å²) in [6.45, 7) is 3.84. The summed E-state index contributed by atoms with van der Waals surface area (Å²) in [5, 5.41) is 20.0. The normalized spacial score (nSPS) is 11.0. The van der Waals surface area contributed by atoms with Crippen molar-refractivity contribution >= 4 is 23.6 Å². The predicted octanol–water partition coefficient (Wildman–Crippen LogP) is 4.45. The van der Waals surface area contributed by atoms with Gasteiger partial charge in [-0.3, -0.25) is 15.1 Å². The molecule has 27 heavy (non-hydrogen) atoms. The Morgan fingerprint density at radius 3 is 2.48 bits per heavy atom. The molecule has 0 saturated heterocycles. The molecule has 1 aromatic heterocycles. The number of aliphatic imine (C=N–C) groups is 1. The molecule has 7 heteroatoms. The molecule has 0 atom stereocenters. The second-order valence-electron chi connectivity index (χ2n) is 6.05. The van der Waals surface area contributed by atoms with Gasteiger partial charge in [-0.15, -0.1) is 0 Å². The van der Waals surface area contributed by atoms with E-state index in [1.165, 1.54) is 24.3 Å². The number of nitrogens with zero attached hydrogens (tertiary/aromatic N) is 3. The second kappa shape index (κ2) is 7.25. The number of rotatable bonds is 5. The van der Waals surface area contributed by atoms with Crippen LogP contribution in [0.1, 0.15) is 27.3 Å². The highest BCUT2D eigenvalue weighted by Gasteiger charge is 2.12. The third-order valence-corrected chi connectivity index (χ3v) is 4.24. The molecular formula is C20H17N3O4. The standard InChI is InChI=1S/C20H17N3O4/c1-13-10-16(12-21-17-8-6-15(7-9-17)20(24)25)14(2)22(13)18-4-3-5-19(11-18)23(26)27/h3-12H,1-2H3,(H,24,25). The van der Waals surface area contributed by atoms with E-state index in [4.69, 9.17) is 5.11 Å². The van der Waals surface area contributed by atoms with Gasteiger partial charge < -0.3 is 9.67 Å². The molecule has 0 bridgehead atoms. The highest BCUT2D eigenvalue weighted by atomic mass is 16.6. The van der Waals surface area contributed by atoms with E-state index in [1.54, 1.807) is 24.4 Å². The lowest BCUT2D eigenvalue weighted by Gasteiger charge is -2.09. The van der Waals surface area contributed by atoms with Crippen molar-refractivity contribution in [2.24, 2.45) is 4.99 Å². The number of hydrogen-bond donors (Lipinski definition) is 1. The van der Waals surface area contributed by atoms with Crippen LogP contribution in [-0.2, 0) is 0 Å². The van der Waals surface area contributed by atoms with Gasteiger partial charge in [-0.05, 0) is 50.2 Å². The summed E-state index contributed by atoms with van der Waals surface area (Å²) >= 11 is 0. The van der Waals surface area contributed by atoms with Crippen molar-refractivity contribution in [1.29, 1.82) is 0 Å². The molecule has 1 heterocycles. The van der Waals surface area contributed by atoms with Gasteiger partial charge in [0.25, 0.3) is 5.69 Å². The van der Waals surface area contributed by atoms with Gasteiger partial charge in [-0.25, -0.2) is 4.79 Å². The zero-order valence-corrected chi connectivity index (χ0v) is 14.8. The van der Waals surface area contributed by atoms with Crippen LogP contribution in [0.3, 0.4) is 0 Å². The number of aryl methyl sites for hydroxylation is 1. The van der Waals surface area contributed by atoms with Gasteiger partial charge in [0.15, 0.2) is 0 Å². The van der Waals surface area contributed by atoms with Crippen LogP contribution < -0.4 is 0 Å². The third-order valence-electron chi connectivity index (χ3n) is 4.24. The van der Waals surface area contributed by atoms with Gasteiger partial charge in [0.2, 0.25) is 0 Å². The summed E-state index contributed by atoms with van der Waals surface area (Å²) in [5.74, 6) is -0.981. The molecule has 1 N–H and O–H groups in total. The molecule has 0 spiro atoms. The topological polar surface area (TPSA) is 97.7 Å². The summed E-state index contributed by atoms with van der Waals surface area (Å²) in [6.07, 6.45) is 1.70. The van der Waals surface area contributed by atoms with Crippen molar-refractivity contribution in [3.63, 3.8) is 0 Å². The zero-order valence-electron chi connectivity index (χ0n) is 14.8. The van der Waals surface area contributed by atoms with E-state index in [9.17, 15) is 14.9 Å². The van der Waals surface area contributed by atoms with Crippen molar-refractivity contribution in [3.8, 4) is 5.69 Å². The van der Waals surface area contributed by atoms with E-state index in [0.717, 1.165) is 17.0 Å². The molecular weight excluding hydrogens is 346 g/mol. The van der Waals surface area contributed by atoms with Gasteiger partial charge in [-0.2, -0.15) is 0 Å². The van der Waals surface area contributed by atoms with E-state index in [2.05, 4.69) is 4.99 Å². The highest BCUT2D eigenvalue weighted by Crippen LogP contribution is 2.23. The Labute approximate surface area is 155 Å². The van der Waals surface area contributed by atoms with Crippen molar-refractivity contribution in [2.45, 2.75) is 13.8 Å². The number of nitro groups is 1. The molecule has 3 aromatic rings. The first kappa shape index (κ1) is 18.1. The Balaban J connectivity index is 1.93. The van der Waals surface area contributed by atoms with E-state index >= 15 is 0 Å². The van der Waals surface area contributed by atoms with Gasteiger partial charge in [-0.1, -0.05) is 6.07 Å². The molecule has 0 saturated carbocycles. The molecule has 7 nitrogen and oxygen atoms in total. The minimum absolute atomic E-state index is 0.0359. The number of aromatic nitrogens is 1. The molecule has 0 radical (unpaired) electrons. The van der Waals surface area contributed by atoms with Crippen LogP contribution in [0.4, 0.5) is 11.4 Å². The summed E-state index contributed by atoms with van der Waals surface area (Å²) in [5.41, 5.74) is 4.30. The minimum atomic E-state index is -0.981. The molecule has 0 aliphatic rings. The number of hydrogen-bond acceptors (Lipinski definition) is 4. The fourth-order valence-corrected chi connectivity index (χ4v) is 2.90. The largest absolute Gasteiger partial charge is 0.478 e. The summed E-state index contributed by atoms with van der Waals surface area (Å²) in [4.78, 5) is 25.9. The number of non-ortho nitro benzene ring substituents is 1. The minimum Gasteiger partial charge on any atom is -0.478 e. The Bertz CT molecular complexity index is 1050. The van der Waals surface area contributed by atoms with Crippen LogP contribution in [0.15, 0.2) is 59.6 Å². The average Bonchev–Trinajstić information content (AvgIpc) is 2.94. The van der Waals surface area contributed by atoms with Gasteiger partial charge in [0, 0.05) is 35.3 Å². The maximum absolute atomic E-state index is 11.0. The Morgan fingerprint density at radius 1 is 1.15 bits per heavy atom. The quantitative estimate of drug-likeness (QED) is 0.411. The Hall–Kier alpha value is -3.74. The predicted molar refractivity (Wildman–Crippen MR) is 103 cm³/mol. The summed E-state index contributed by atoms with van der Waals surface area (Å²) in [6, 6.07) is 14.7. The van der Waals surface area contributed by atoms with Gasteiger partial charge in [0.1, 0.15) is 0 Å². The van der Waals surface area contributed by atoms with E-state index in [-0.39, 0.29) is 11.3 Å². The number of carbonyl (C=O) groups is 1. The molecule has 3 rings (SSSR count). The maximum atomic E-state index is 11.0. The van der Waals surface area contributed by atoms with Crippen molar-refractivity contribution in [2.75, 3.05) is 0 Å². The Kier molecular flexibility index (Phi) is 4.85. The first-order valence-electron chi connectivity index (χ1n) is 8.18. The lowest BCUT2D eigenvalue weighted by molar-refractivity contribution is -0.384. The highest BCUT2D eigenvalue weighted by molar-refractivity contribution is 5.88. The smallest absolute Gasteiger partial charge is 0.335 e. The first-order valence-corrected chi connectivity index (χ1v) is 8.18. The SMILES string of the molecule is Cc1cc(C=Nc2ccc(C(=O)O)cc2)c(C)n1-c1cccc([N+](=O)[O-])c1. The molecule has 0 aliphatic heterocycles. The average molecular weight is 363 g/mol. The van der Waals surface area contributed by atoms with Crippen LogP contribution in [-0.4, -0.2) is 26.8 Å². The van der Waals surface area contributed by atoms with Gasteiger partial charge in [0.05, 0.1) is 21.9 Å². The monoisotopic (exact) mass is 363 g/mol. The molecule has 0 fully saturated rings. The van der Waals surface area contributed by atoms with E-state index in [1.807, 2.05) is 30.5 Å². The third kappa shape index (κ3) is 3.77. The fraction of sp³-hybridized carbons (Fsp3) is 0.100. The van der Waals surface area contributed by atoms with Gasteiger partial charge >= 0.3 is 5.97 Å². The van der Waals surface area contributed by atoms with Crippen LogP contribution in [0.25, 0.3) is 5.69 Å². The van der Waals surface area contributed by atoms with E-state index < -0.39 is 10.9 Å². The molecule has 2 aromatic carbocycles. The van der Waals surface area contributed by atoms with Crippen molar-refractivity contribution in [1.82, 2.24) is 4.57 Å². The lowest BCUT2D eigenvalue weighted by atomic mass is 10.2. The lowest BCUT2D eigenvalue weighted by Crippen LogP contribution is -2.00. The van der Waals surface area contributed by atoms with Crippen LogP contribution in [0, 0.1) is 24.0 Å². The molecule has 0 amide bonds. The summed E-state index contributed by atoms with van der Waals surface area (Å²) in [7, 11) is 0. The van der Waals surface area contributed by atoms with E-state index in [0.29, 0.717) is 11.4 Å². The van der Waals surface area contributed by atoms with Crippen LogP contribution in [0.2, 0.25) is 0 Å². The number of aromatic carboxylic acids is 1. The van der Waals surface area contributed by atoms with Crippen molar-refractivity contribution in [3.05, 3.63) is 87.2 Å². The zero-order chi connectivity index (χ0) is 19.6.